The number of Topliss-reactive ketones (excluding diaryl/α,β-unsaturated/α-hetero) is 1. The van der Waals surface area contributed by atoms with E-state index in [0.717, 1.165) is 5.56 Å². The number of hydrogen-bond acceptors (Lipinski definition) is 4. The lowest BCUT2D eigenvalue weighted by molar-refractivity contribution is -0.135. The van der Waals surface area contributed by atoms with E-state index in [1.807, 2.05) is 54.6 Å². The quantitative estimate of drug-likeness (QED) is 0.900. The zero-order valence-electron chi connectivity index (χ0n) is 15.8. The molecule has 4 rings (SSSR count). The van der Waals surface area contributed by atoms with Crippen molar-refractivity contribution in [1.82, 2.24) is 0 Å². The van der Waals surface area contributed by atoms with Gasteiger partial charge in [0.25, 0.3) is 0 Å². The van der Waals surface area contributed by atoms with Gasteiger partial charge in [-0.25, -0.2) is 0 Å². The summed E-state index contributed by atoms with van der Waals surface area (Å²) in [6.45, 7) is 2.08. The molecule has 4 heteroatoms. The minimum atomic E-state index is -1.53. The number of ketones is 1. The average Bonchev–Trinajstić information content (AvgIpc) is 2.90. The molecule has 0 radical (unpaired) electrons. The fourth-order valence-corrected chi connectivity index (χ4v) is 4.89. The zero-order chi connectivity index (χ0) is 19.2. The van der Waals surface area contributed by atoms with E-state index in [0.29, 0.717) is 17.1 Å². The highest BCUT2D eigenvalue weighted by molar-refractivity contribution is 5.92. The van der Waals surface area contributed by atoms with Crippen molar-refractivity contribution in [2.45, 2.75) is 18.4 Å². The van der Waals surface area contributed by atoms with Crippen LogP contribution in [0.3, 0.4) is 0 Å². The first-order valence-corrected chi connectivity index (χ1v) is 9.24. The summed E-state index contributed by atoms with van der Waals surface area (Å²) in [6, 6.07) is 17.2. The topological polar surface area (TPSA) is 55.8 Å². The third kappa shape index (κ3) is 2.51. The largest absolute Gasteiger partial charge is 0.498 e. The third-order valence-corrected chi connectivity index (χ3v) is 6.20. The second-order valence-electron chi connectivity index (χ2n) is 7.43. The van der Waals surface area contributed by atoms with E-state index in [1.54, 1.807) is 20.3 Å². The standard InChI is InChI=1S/C23H24O4/c1-14-18-13-19(27-3)23(25,16-10-7-11-17(12-16)26-2)21(22(18)24)20(14)15-8-5-4-6-9-15/h4-14,18,20-21,25H,1-3H3. The Balaban J connectivity index is 1.92. The lowest BCUT2D eigenvalue weighted by Gasteiger charge is -2.39. The zero-order valence-corrected chi connectivity index (χ0v) is 15.8. The molecule has 5 atom stereocenters. The molecule has 2 aromatic rings. The van der Waals surface area contributed by atoms with Gasteiger partial charge in [-0.3, -0.25) is 4.79 Å². The van der Waals surface area contributed by atoms with Gasteiger partial charge in [0.15, 0.2) is 5.60 Å². The van der Waals surface area contributed by atoms with Crippen LogP contribution in [0.25, 0.3) is 0 Å². The number of carbonyl (C=O) groups is 1. The van der Waals surface area contributed by atoms with Crippen molar-refractivity contribution < 1.29 is 19.4 Å². The van der Waals surface area contributed by atoms with Crippen molar-refractivity contribution in [1.29, 1.82) is 0 Å². The van der Waals surface area contributed by atoms with Crippen molar-refractivity contribution in [2.24, 2.45) is 17.8 Å². The summed E-state index contributed by atoms with van der Waals surface area (Å²) < 4.78 is 11.0. The summed E-state index contributed by atoms with van der Waals surface area (Å²) in [5.41, 5.74) is 0.155. The summed E-state index contributed by atoms with van der Waals surface area (Å²) in [5.74, 6) is 0.276. The van der Waals surface area contributed by atoms with E-state index >= 15 is 0 Å². The molecule has 5 unspecified atom stereocenters. The van der Waals surface area contributed by atoms with Gasteiger partial charge in [0.2, 0.25) is 0 Å². The van der Waals surface area contributed by atoms with Crippen LogP contribution in [0.2, 0.25) is 0 Å². The smallest absolute Gasteiger partial charge is 0.156 e. The summed E-state index contributed by atoms with van der Waals surface area (Å²) in [6.07, 6.45) is 1.81. The molecule has 27 heavy (non-hydrogen) atoms. The Labute approximate surface area is 159 Å². The summed E-state index contributed by atoms with van der Waals surface area (Å²) in [7, 11) is 3.14. The first-order valence-electron chi connectivity index (χ1n) is 9.24. The lowest BCUT2D eigenvalue weighted by atomic mass is 9.70. The number of rotatable bonds is 4. The summed E-state index contributed by atoms with van der Waals surface area (Å²) in [4.78, 5) is 13.3. The maximum atomic E-state index is 13.3. The Kier molecular flexibility index (Phi) is 4.31. The SMILES string of the molecule is COC1=CC2C(=O)C(C(c3ccccc3)C2C)C1(O)c1cccc(OC)c1. The predicted molar refractivity (Wildman–Crippen MR) is 102 cm³/mol. The van der Waals surface area contributed by atoms with Crippen LogP contribution in [0.5, 0.6) is 5.75 Å². The number of carbonyl (C=O) groups excluding carboxylic acids is 1. The van der Waals surface area contributed by atoms with Crippen LogP contribution in [0.1, 0.15) is 24.0 Å². The van der Waals surface area contributed by atoms with Crippen LogP contribution in [0.4, 0.5) is 0 Å². The molecule has 0 amide bonds. The van der Waals surface area contributed by atoms with Crippen molar-refractivity contribution in [3.63, 3.8) is 0 Å². The van der Waals surface area contributed by atoms with E-state index in [1.165, 1.54) is 0 Å². The minimum Gasteiger partial charge on any atom is -0.498 e. The van der Waals surface area contributed by atoms with Gasteiger partial charge in [0.1, 0.15) is 17.3 Å². The van der Waals surface area contributed by atoms with Crippen molar-refractivity contribution in [3.8, 4) is 5.75 Å². The molecule has 0 saturated heterocycles. The molecule has 0 heterocycles. The molecular weight excluding hydrogens is 340 g/mol. The van der Waals surface area contributed by atoms with Gasteiger partial charge in [0.05, 0.1) is 20.1 Å². The van der Waals surface area contributed by atoms with Gasteiger partial charge in [0, 0.05) is 11.8 Å². The molecule has 0 aromatic heterocycles. The lowest BCUT2D eigenvalue weighted by Crippen LogP contribution is -2.45. The molecule has 2 aliphatic rings. The second-order valence-corrected chi connectivity index (χ2v) is 7.43. The number of benzene rings is 2. The van der Waals surface area contributed by atoms with E-state index < -0.39 is 11.5 Å². The fourth-order valence-electron chi connectivity index (χ4n) is 4.89. The first kappa shape index (κ1) is 17.8. The molecule has 1 saturated carbocycles. The van der Waals surface area contributed by atoms with Crippen LogP contribution in [-0.2, 0) is 15.1 Å². The highest BCUT2D eigenvalue weighted by atomic mass is 16.5. The average molecular weight is 364 g/mol. The second kappa shape index (κ2) is 6.54. The molecule has 4 nitrogen and oxygen atoms in total. The van der Waals surface area contributed by atoms with Crippen LogP contribution < -0.4 is 4.74 Å². The number of hydrogen-bond donors (Lipinski definition) is 1. The normalized spacial score (nSPS) is 32.1. The van der Waals surface area contributed by atoms with Crippen LogP contribution in [0, 0.1) is 17.8 Å². The molecule has 1 fully saturated rings. The van der Waals surface area contributed by atoms with Crippen molar-refractivity contribution in [2.75, 3.05) is 14.2 Å². The third-order valence-electron chi connectivity index (χ3n) is 6.20. The molecule has 0 aliphatic heterocycles. The Morgan fingerprint density at radius 1 is 1.00 bits per heavy atom. The highest BCUT2D eigenvalue weighted by Gasteiger charge is 2.62. The summed E-state index contributed by atoms with van der Waals surface area (Å²) >= 11 is 0. The fraction of sp³-hybridized carbons (Fsp3) is 0.348. The maximum Gasteiger partial charge on any atom is 0.156 e. The van der Waals surface area contributed by atoms with E-state index in [-0.39, 0.29) is 23.5 Å². The predicted octanol–water partition coefficient (Wildman–Crippen LogP) is 3.66. The van der Waals surface area contributed by atoms with Gasteiger partial charge >= 0.3 is 0 Å². The molecule has 1 N–H and O–H groups in total. The Morgan fingerprint density at radius 2 is 1.74 bits per heavy atom. The molecule has 140 valence electrons. The van der Waals surface area contributed by atoms with E-state index in [4.69, 9.17) is 9.47 Å². The number of methoxy groups -OCH3 is 2. The van der Waals surface area contributed by atoms with Gasteiger partial charge in [-0.2, -0.15) is 0 Å². The van der Waals surface area contributed by atoms with Gasteiger partial charge in [-0.1, -0.05) is 49.4 Å². The molecule has 2 aromatic carbocycles. The monoisotopic (exact) mass is 364 g/mol. The maximum absolute atomic E-state index is 13.3. The highest BCUT2D eigenvalue weighted by Crippen LogP contribution is 2.58. The Bertz CT molecular complexity index is 888. The molecule has 2 aliphatic carbocycles. The number of allylic oxidation sites excluding steroid dienone is 1. The Hall–Kier alpha value is -2.59. The van der Waals surface area contributed by atoms with Crippen LogP contribution in [0.15, 0.2) is 66.4 Å². The summed E-state index contributed by atoms with van der Waals surface area (Å²) in [5, 5.41) is 12.0. The number of fused-ring (bicyclic) bond motifs is 2. The minimum absolute atomic E-state index is 0.0717. The molecule has 0 spiro atoms. The van der Waals surface area contributed by atoms with E-state index in [9.17, 15) is 9.90 Å². The van der Waals surface area contributed by atoms with Crippen LogP contribution >= 0.6 is 0 Å². The molecular formula is C23H24O4. The molecule has 2 bridgehead atoms. The number of ether oxygens (including phenoxy) is 2. The van der Waals surface area contributed by atoms with Gasteiger partial charge in [-0.05, 0) is 35.3 Å². The van der Waals surface area contributed by atoms with Gasteiger partial charge in [-0.15, -0.1) is 0 Å². The first-order chi connectivity index (χ1) is 13.0. The number of aliphatic hydroxyl groups is 1. The van der Waals surface area contributed by atoms with Crippen molar-refractivity contribution >= 4 is 5.78 Å². The van der Waals surface area contributed by atoms with Crippen molar-refractivity contribution in [3.05, 3.63) is 77.6 Å². The van der Waals surface area contributed by atoms with E-state index in [2.05, 4.69) is 6.92 Å². The Morgan fingerprint density at radius 3 is 2.41 bits per heavy atom. The van der Waals surface area contributed by atoms with Gasteiger partial charge < -0.3 is 14.6 Å². The van der Waals surface area contributed by atoms with Crippen LogP contribution in [-0.4, -0.2) is 25.1 Å².